The summed E-state index contributed by atoms with van der Waals surface area (Å²) in [5.74, 6) is 0.847. The maximum Gasteiger partial charge on any atom is 0.213 e. The van der Waals surface area contributed by atoms with Crippen molar-refractivity contribution in [2.75, 3.05) is 25.6 Å². The number of unbranched alkanes of at least 4 members (excludes halogenated alkanes) is 2. The zero-order valence-electron chi connectivity index (χ0n) is 22.2. The summed E-state index contributed by atoms with van der Waals surface area (Å²) in [4.78, 5) is 2.24. The first-order chi connectivity index (χ1) is 18.5. The van der Waals surface area contributed by atoms with Crippen LogP contribution in [0.15, 0.2) is 89.4 Å². The Morgan fingerprint density at radius 1 is 0.868 bits per heavy atom. The summed E-state index contributed by atoms with van der Waals surface area (Å²) in [5, 5.41) is 8.73. The smallest absolute Gasteiger partial charge is 0.213 e. The Morgan fingerprint density at radius 3 is 2.21 bits per heavy atom. The molecule has 0 saturated heterocycles. The van der Waals surface area contributed by atoms with Gasteiger partial charge in [-0.25, -0.2) is 0 Å². The summed E-state index contributed by atoms with van der Waals surface area (Å²) in [7, 11) is 5.90. The van der Waals surface area contributed by atoms with E-state index in [1.165, 1.54) is 5.69 Å². The minimum absolute atomic E-state index is 0.623. The number of hydrogen-bond acceptors (Lipinski definition) is 3. The van der Waals surface area contributed by atoms with Gasteiger partial charge in [-0.2, -0.15) is 9.83 Å². The molecule has 38 heavy (non-hydrogen) atoms. The Morgan fingerprint density at radius 2 is 1.55 bits per heavy atom. The summed E-state index contributed by atoms with van der Waals surface area (Å²) in [6.45, 7) is 0.948. The first-order valence-electron chi connectivity index (χ1n) is 12.8. The molecule has 0 atom stereocenters. The predicted octanol–water partition coefficient (Wildman–Crippen LogP) is 7.92. The van der Waals surface area contributed by atoms with Crippen molar-refractivity contribution < 1.29 is 9.30 Å². The van der Waals surface area contributed by atoms with Gasteiger partial charge in [-0.1, -0.05) is 40.2 Å². The van der Waals surface area contributed by atoms with E-state index in [2.05, 4.69) is 131 Å². The third-order valence-electron chi connectivity index (χ3n) is 6.72. The van der Waals surface area contributed by atoms with E-state index in [4.69, 9.17) is 10.00 Å². The molecular weight excluding hydrogens is 534 g/mol. The van der Waals surface area contributed by atoms with Gasteiger partial charge in [0.15, 0.2) is 0 Å². The number of ether oxygens (including phenoxy) is 1. The molecule has 0 unspecified atom stereocenters. The van der Waals surface area contributed by atoms with Gasteiger partial charge >= 0.3 is 0 Å². The number of benzene rings is 3. The summed E-state index contributed by atoms with van der Waals surface area (Å²) in [6, 6.07) is 31.9. The van der Waals surface area contributed by atoms with Gasteiger partial charge in [0.25, 0.3) is 0 Å². The molecule has 0 radical (unpaired) electrons. The average Bonchev–Trinajstić information content (AvgIpc) is 2.95. The van der Waals surface area contributed by atoms with Crippen LogP contribution in [0.4, 0.5) is 5.69 Å². The van der Waals surface area contributed by atoms with Crippen LogP contribution in [0, 0.1) is 11.3 Å². The molecule has 0 bridgehead atoms. The Hall–Kier alpha value is -3.88. The monoisotopic (exact) mass is 566 g/mol. The van der Waals surface area contributed by atoms with Gasteiger partial charge in [0.1, 0.15) is 12.8 Å². The topological polar surface area (TPSA) is 40.1 Å². The van der Waals surface area contributed by atoms with E-state index < -0.39 is 0 Å². The van der Waals surface area contributed by atoms with E-state index in [9.17, 15) is 0 Å². The van der Waals surface area contributed by atoms with Crippen molar-refractivity contribution in [1.82, 2.24) is 0 Å². The zero-order valence-corrected chi connectivity index (χ0v) is 23.8. The molecule has 4 aromatic rings. The molecule has 0 aliphatic rings. The van der Waals surface area contributed by atoms with E-state index in [0.717, 1.165) is 63.3 Å². The Balaban J connectivity index is 1.63. The summed E-state index contributed by atoms with van der Waals surface area (Å²) in [5.41, 5.74) is 8.02. The lowest BCUT2D eigenvalue weighted by atomic mass is 10.0. The van der Waals surface area contributed by atoms with Crippen LogP contribution in [0.5, 0.6) is 5.75 Å². The molecule has 3 aromatic carbocycles. The van der Waals surface area contributed by atoms with Crippen LogP contribution in [0.1, 0.15) is 30.5 Å². The van der Waals surface area contributed by atoms with Crippen molar-refractivity contribution >= 4 is 33.8 Å². The number of rotatable bonds is 10. The molecule has 192 valence electrons. The number of nitrogens with zero attached hydrogens (tertiary/aromatic N) is 3. The van der Waals surface area contributed by atoms with Crippen molar-refractivity contribution in [2.24, 2.45) is 7.05 Å². The molecule has 0 spiro atoms. The van der Waals surface area contributed by atoms with Crippen LogP contribution in [-0.2, 0) is 7.05 Å². The normalized spacial score (nSPS) is 10.9. The number of nitriles is 1. The van der Waals surface area contributed by atoms with Crippen molar-refractivity contribution in [2.45, 2.75) is 19.3 Å². The van der Waals surface area contributed by atoms with E-state index in [-0.39, 0.29) is 0 Å². The van der Waals surface area contributed by atoms with Crippen LogP contribution in [0.3, 0.4) is 0 Å². The summed E-state index contributed by atoms with van der Waals surface area (Å²) >= 11 is 3.55. The molecule has 0 aliphatic carbocycles. The van der Waals surface area contributed by atoms with Crippen molar-refractivity contribution in [3.8, 4) is 34.2 Å². The van der Waals surface area contributed by atoms with Crippen LogP contribution in [-0.4, -0.2) is 20.7 Å². The third-order valence-corrected chi connectivity index (χ3v) is 7.25. The van der Waals surface area contributed by atoms with Gasteiger partial charge < -0.3 is 9.64 Å². The van der Waals surface area contributed by atoms with E-state index in [0.29, 0.717) is 6.42 Å². The number of methoxy groups -OCH3 is 1. The lowest BCUT2D eigenvalue weighted by Gasteiger charge is -2.19. The van der Waals surface area contributed by atoms with Gasteiger partial charge in [0.2, 0.25) is 11.4 Å². The van der Waals surface area contributed by atoms with Crippen LogP contribution in [0.25, 0.3) is 34.5 Å². The zero-order chi connectivity index (χ0) is 26.9. The highest BCUT2D eigenvalue weighted by atomic mass is 79.9. The molecule has 0 amide bonds. The Kier molecular flexibility index (Phi) is 9.35. The van der Waals surface area contributed by atoms with Crippen LogP contribution in [0.2, 0.25) is 0 Å². The fourth-order valence-electron chi connectivity index (χ4n) is 4.39. The second-order valence-electron chi connectivity index (χ2n) is 9.31. The second kappa shape index (κ2) is 13.1. The molecule has 1 aromatic heterocycles. The first kappa shape index (κ1) is 27.2. The van der Waals surface area contributed by atoms with E-state index >= 15 is 0 Å². The SMILES string of the molecule is COc1ccc(-c2cc(/C=C/c3ccc(N(C)CCCCC#N)cc3)[n+](C)c(-c3ccc(Br)cc3)c2)cc1. The van der Waals surface area contributed by atoms with Crippen molar-refractivity contribution in [1.29, 1.82) is 5.26 Å². The van der Waals surface area contributed by atoms with Gasteiger partial charge in [0, 0.05) is 53.9 Å². The van der Waals surface area contributed by atoms with Gasteiger partial charge in [-0.3, -0.25) is 0 Å². The Labute approximate surface area is 234 Å². The molecule has 5 heteroatoms. The molecule has 0 saturated carbocycles. The summed E-state index contributed by atoms with van der Waals surface area (Å²) in [6.07, 6.45) is 6.92. The fraction of sp³-hybridized carbons (Fsp3) is 0.212. The highest BCUT2D eigenvalue weighted by Gasteiger charge is 2.17. The molecule has 0 aliphatic heterocycles. The van der Waals surface area contributed by atoms with Crippen molar-refractivity contribution in [3.05, 3.63) is 101 Å². The molecule has 0 N–H and O–H groups in total. The second-order valence-corrected chi connectivity index (χ2v) is 10.2. The lowest BCUT2D eigenvalue weighted by Crippen LogP contribution is -2.34. The number of aromatic nitrogens is 1. The number of hydrogen-bond donors (Lipinski definition) is 0. The molecule has 1 heterocycles. The third kappa shape index (κ3) is 6.90. The van der Waals surface area contributed by atoms with Gasteiger partial charge in [-0.05, 0) is 84.1 Å². The average molecular weight is 568 g/mol. The van der Waals surface area contributed by atoms with Gasteiger partial charge in [-0.15, -0.1) is 0 Å². The Bertz CT molecular complexity index is 1420. The van der Waals surface area contributed by atoms with E-state index in [1.54, 1.807) is 7.11 Å². The van der Waals surface area contributed by atoms with Crippen molar-refractivity contribution in [3.63, 3.8) is 0 Å². The van der Waals surface area contributed by atoms with E-state index in [1.807, 2.05) is 12.1 Å². The molecular formula is C33H33BrN3O+. The minimum atomic E-state index is 0.623. The highest BCUT2D eigenvalue weighted by molar-refractivity contribution is 9.10. The number of pyridine rings is 1. The first-order valence-corrected chi connectivity index (χ1v) is 13.6. The molecule has 4 nitrogen and oxygen atoms in total. The standard InChI is InChI=1S/C33H33BrN3O/c1-36(22-6-4-5-21-35)30-16-7-25(8-17-30)9-18-31-23-28(26-12-19-32(38-3)20-13-26)24-33(37(31)2)27-10-14-29(34)15-11-27/h7-20,23-24H,4-6,22H2,1-3H3/q+1. The minimum Gasteiger partial charge on any atom is -0.497 e. The fourth-order valence-corrected chi connectivity index (χ4v) is 4.66. The highest BCUT2D eigenvalue weighted by Crippen LogP contribution is 2.28. The molecule has 0 fully saturated rings. The maximum atomic E-state index is 8.73. The lowest BCUT2D eigenvalue weighted by molar-refractivity contribution is -0.662. The van der Waals surface area contributed by atoms with Crippen LogP contribution >= 0.6 is 15.9 Å². The predicted molar refractivity (Wildman–Crippen MR) is 161 cm³/mol. The van der Waals surface area contributed by atoms with Gasteiger partial charge in [0.05, 0.1) is 13.2 Å². The largest absolute Gasteiger partial charge is 0.497 e. The number of halogens is 1. The summed E-state index contributed by atoms with van der Waals surface area (Å²) < 4.78 is 8.65. The molecule has 4 rings (SSSR count). The quantitative estimate of drug-likeness (QED) is 0.144. The maximum absolute atomic E-state index is 8.73. The number of anilines is 1. The van der Waals surface area contributed by atoms with Crippen LogP contribution < -0.4 is 14.2 Å².